The molecule has 108 valence electrons. The highest BCUT2D eigenvalue weighted by Gasteiger charge is 2.55. The van der Waals surface area contributed by atoms with Crippen LogP contribution >= 0.6 is 0 Å². The van der Waals surface area contributed by atoms with Crippen molar-refractivity contribution in [3.63, 3.8) is 0 Å². The van der Waals surface area contributed by atoms with Crippen molar-refractivity contribution in [2.45, 2.75) is 11.9 Å². The molecule has 20 heavy (non-hydrogen) atoms. The Balaban J connectivity index is 2.81. The van der Waals surface area contributed by atoms with Gasteiger partial charge >= 0.3 is 21.1 Å². The first kappa shape index (κ1) is 14.4. The van der Waals surface area contributed by atoms with Gasteiger partial charge in [0.15, 0.2) is 0 Å². The fraction of sp³-hybridized carbons (Fsp3) is 0.250. The molecule has 0 unspecified atom stereocenters. The molecule has 0 bridgehead atoms. The van der Waals surface area contributed by atoms with Crippen LogP contribution in [0, 0.1) is 0 Å². The average molecular weight is 298 g/mol. The largest absolute Gasteiger partial charge is 0.477 e. The Kier molecular flexibility index (Phi) is 3.69. The van der Waals surface area contributed by atoms with Crippen LogP contribution in [-0.2, 0) is 24.1 Å². The molecule has 2 rings (SSSR count). The topological polar surface area (TPSA) is 90.5 Å². The molecule has 0 spiro atoms. The van der Waals surface area contributed by atoms with Gasteiger partial charge in [-0.25, -0.2) is 4.79 Å². The van der Waals surface area contributed by atoms with Gasteiger partial charge in [-0.05, 0) is 31.2 Å². The van der Waals surface area contributed by atoms with Crippen molar-refractivity contribution >= 4 is 16.1 Å². The number of hydrogen-bond acceptors (Lipinski definition) is 4. The van der Waals surface area contributed by atoms with Gasteiger partial charge in [0.05, 0.1) is 6.61 Å². The smallest absolute Gasteiger partial charge is 0.370 e. The lowest BCUT2D eigenvalue weighted by Crippen LogP contribution is -2.54. The predicted molar refractivity (Wildman–Crippen MR) is 70.4 cm³/mol. The molecule has 0 aliphatic carbocycles. The second-order valence-corrected chi connectivity index (χ2v) is 5.67. The summed E-state index contributed by atoms with van der Waals surface area (Å²) in [6, 6.07) is 6.18. The second-order valence-electron chi connectivity index (χ2n) is 3.95. The van der Waals surface area contributed by atoms with E-state index in [1.54, 1.807) is 24.3 Å². The Morgan fingerprint density at radius 3 is 1.80 bits per heavy atom. The van der Waals surface area contributed by atoms with Crippen molar-refractivity contribution in [3.8, 4) is 0 Å². The first-order valence-electron chi connectivity index (χ1n) is 5.86. The van der Waals surface area contributed by atoms with Crippen LogP contribution in [0.1, 0.15) is 6.92 Å². The zero-order valence-corrected chi connectivity index (χ0v) is 11.5. The van der Waals surface area contributed by atoms with Gasteiger partial charge in [0.25, 0.3) is 0 Å². The summed E-state index contributed by atoms with van der Waals surface area (Å²) in [7, 11) is -4.45. The molecule has 8 heteroatoms. The Morgan fingerprint density at radius 1 is 1.10 bits per heavy atom. The molecule has 0 radical (unpaired) electrons. The fourth-order valence-corrected chi connectivity index (χ4v) is 3.48. The number of rotatable bonds is 6. The van der Waals surface area contributed by atoms with Crippen LogP contribution in [0.5, 0.6) is 0 Å². The average Bonchev–Trinajstić information content (AvgIpc) is 3.01. The van der Waals surface area contributed by atoms with E-state index in [1.807, 2.05) is 0 Å². The van der Waals surface area contributed by atoms with E-state index in [9.17, 15) is 18.3 Å². The highest BCUT2D eigenvalue weighted by atomic mass is 32.2. The molecule has 1 N–H and O–H groups in total. The normalized spacial score (nSPS) is 12.4. The second kappa shape index (κ2) is 5.14. The minimum atomic E-state index is -4.45. The van der Waals surface area contributed by atoms with Crippen molar-refractivity contribution < 1.29 is 22.5 Å². The fourth-order valence-electron chi connectivity index (χ4n) is 2.03. The van der Waals surface area contributed by atoms with E-state index >= 15 is 0 Å². The molecule has 2 heterocycles. The molecule has 0 fully saturated rings. The molecule has 0 aromatic carbocycles. The van der Waals surface area contributed by atoms with Gasteiger partial charge in [-0.15, -0.1) is 0 Å². The van der Waals surface area contributed by atoms with E-state index in [1.165, 1.54) is 31.7 Å². The maximum Gasteiger partial charge on any atom is 0.370 e. The summed E-state index contributed by atoms with van der Waals surface area (Å²) in [5, 5.41) is 9.63. The number of carboxylic acids is 1. The number of aliphatic carboxylic acids is 1. The lowest BCUT2D eigenvalue weighted by atomic mass is 10.4. The van der Waals surface area contributed by atoms with Crippen LogP contribution in [0.4, 0.5) is 0 Å². The third-order valence-corrected chi connectivity index (χ3v) is 4.65. The minimum absolute atomic E-state index is 0.153. The van der Waals surface area contributed by atoms with E-state index < -0.39 is 21.1 Å². The molecule has 0 atom stereocenters. The highest BCUT2D eigenvalue weighted by Crippen LogP contribution is 2.29. The van der Waals surface area contributed by atoms with Gasteiger partial charge in [-0.1, -0.05) is 0 Å². The zero-order valence-electron chi connectivity index (χ0n) is 10.7. The maximum absolute atomic E-state index is 12.4. The van der Waals surface area contributed by atoms with E-state index in [2.05, 4.69) is 0 Å². The summed E-state index contributed by atoms with van der Waals surface area (Å²) in [5.74, 6) is -1.56. The number of nitrogens with zero attached hydrogens (tertiary/aromatic N) is 2. The Hall–Kier alpha value is -2.06. The third-order valence-electron chi connectivity index (χ3n) is 2.81. The number of carbonyl (C=O) groups is 1. The molecule has 0 aliphatic heterocycles. The summed E-state index contributed by atoms with van der Waals surface area (Å²) in [6.07, 6.45) is 5.46. The van der Waals surface area contributed by atoms with Gasteiger partial charge in [-0.2, -0.15) is 8.42 Å². The summed E-state index contributed by atoms with van der Waals surface area (Å²) < 4.78 is 31.8. The number of hydrogen-bond donors (Lipinski definition) is 1. The summed E-state index contributed by atoms with van der Waals surface area (Å²) >= 11 is 0. The van der Waals surface area contributed by atoms with Crippen LogP contribution in [0.25, 0.3) is 0 Å². The Bertz CT molecular complexity index is 639. The summed E-state index contributed by atoms with van der Waals surface area (Å²) in [5.41, 5.74) is 0. The van der Waals surface area contributed by atoms with E-state index in [0.717, 1.165) is 9.13 Å². The molecule has 0 amide bonds. The predicted octanol–water partition coefficient (Wildman–Crippen LogP) is 0.899. The first-order chi connectivity index (χ1) is 9.46. The van der Waals surface area contributed by atoms with Crippen LogP contribution in [0.2, 0.25) is 0 Å². The first-order valence-corrected chi connectivity index (χ1v) is 7.27. The Morgan fingerprint density at radius 2 is 1.50 bits per heavy atom. The number of aromatic nitrogens is 2. The van der Waals surface area contributed by atoms with Gasteiger partial charge in [0, 0.05) is 24.8 Å². The van der Waals surface area contributed by atoms with E-state index in [4.69, 9.17) is 4.18 Å². The monoisotopic (exact) mass is 298 g/mol. The summed E-state index contributed by atoms with van der Waals surface area (Å²) in [6.45, 7) is 1.33. The summed E-state index contributed by atoms with van der Waals surface area (Å²) in [4.78, 5) is 9.43. The molecule has 2 aromatic heterocycles. The molecule has 2 aromatic rings. The van der Waals surface area contributed by atoms with E-state index in [0.29, 0.717) is 0 Å². The van der Waals surface area contributed by atoms with Crippen molar-refractivity contribution in [2.24, 2.45) is 0 Å². The molecule has 0 aliphatic rings. The molecule has 7 nitrogen and oxygen atoms in total. The van der Waals surface area contributed by atoms with E-state index in [-0.39, 0.29) is 6.61 Å². The zero-order chi connectivity index (χ0) is 14.8. The SMILES string of the molecule is CCOS(=O)(=O)C(C(=O)O)(n1cccc1)n1cccc1. The van der Waals surface area contributed by atoms with Crippen LogP contribution in [0.3, 0.4) is 0 Å². The van der Waals surface area contributed by atoms with Gasteiger partial charge in [0.1, 0.15) is 0 Å². The van der Waals surface area contributed by atoms with Gasteiger partial charge in [0.2, 0.25) is 0 Å². The van der Waals surface area contributed by atoms with Crippen LogP contribution in [-0.4, -0.2) is 35.2 Å². The Labute approximate surface area is 116 Å². The van der Waals surface area contributed by atoms with Crippen molar-refractivity contribution in [1.29, 1.82) is 0 Å². The minimum Gasteiger partial charge on any atom is -0.477 e. The quantitative estimate of drug-likeness (QED) is 0.800. The van der Waals surface area contributed by atoms with Crippen molar-refractivity contribution in [2.75, 3.05) is 6.61 Å². The van der Waals surface area contributed by atoms with Crippen LogP contribution in [0.15, 0.2) is 49.1 Å². The standard InChI is InChI=1S/C12H14N2O5S/c1-2-19-20(17,18)12(11(15)16,13-7-3-4-8-13)14-9-5-6-10-14/h3-10H,2H2,1H3,(H,15,16). The van der Waals surface area contributed by atoms with Crippen LogP contribution < -0.4 is 0 Å². The van der Waals surface area contributed by atoms with Crippen molar-refractivity contribution in [1.82, 2.24) is 9.13 Å². The van der Waals surface area contributed by atoms with Crippen molar-refractivity contribution in [3.05, 3.63) is 49.1 Å². The number of carboxylic acid groups (broad SMARTS) is 1. The highest BCUT2D eigenvalue weighted by molar-refractivity contribution is 7.88. The molecular weight excluding hydrogens is 284 g/mol. The third kappa shape index (κ3) is 1.93. The molecular formula is C12H14N2O5S. The lowest BCUT2D eigenvalue weighted by Gasteiger charge is -2.31. The van der Waals surface area contributed by atoms with Gasteiger partial charge < -0.3 is 14.2 Å². The molecule has 0 saturated heterocycles. The molecule has 0 saturated carbocycles. The maximum atomic E-state index is 12.4. The lowest BCUT2D eigenvalue weighted by molar-refractivity contribution is -0.144. The van der Waals surface area contributed by atoms with Gasteiger partial charge in [-0.3, -0.25) is 4.18 Å².